The molecular formula is C16H14N4O3S. The van der Waals surface area contributed by atoms with Gasteiger partial charge in [-0.05, 0) is 6.92 Å². The van der Waals surface area contributed by atoms with Crippen molar-refractivity contribution < 1.29 is 14.3 Å². The molecule has 2 heterocycles. The highest BCUT2D eigenvalue weighted by Gasteiger charge is 2.21. The molecule has 0 aliphatic carbocycles. The number of nitrogen functional groups attached to an aromatic ring is 1. The number of ether oxygens (including phenoxy) is 1. The van der Waals surface area contributed by atoms with Gasteiger partial charge in [0, 0.05) is 17.0 Å². The molecule has 2 N–H and O–H groups in total. The number of rotatable bonds is 4. The summed E-state index contributed by atoms with van der Waals surface area (Å²) in [6.45, 7) is 1.90. The molecular weight excluding hydrogens is 328 g/mol. The van der Waals surface area contributed by atoms with Gasteiger partial charge in [0.25, 0.3) is 5.91 Å². The van der Waals surface area contributed by atoms with Crippen LogP contribution < -0.4 is 5.73 Å². The summed E-state index contributed by atoms with van der Waals surface area (Å²) >= 11 is 1.35. The summed E-state index contributed by atoms with van der Waals surface area (Å²) in [6.07, 6.45) is 0. The van der Waals surface area contributed by atoms with Gasteiger partial charge in [-0.15, -0.1) is 11.3 Å². The predicted octanol–water partition coefficient (Wildman–Crippen LogP) is 2.45. The van der Waals surface area contributed by atoms with E-state index in [1.54, 1.807) is 12.3 Å². The van der Waals surface area contributed by atoms with Gasteiger partial charge in [-0.25, -0.2) is 9.78 Å². The van der Waals surface area contributed by atoms with Crippen LogP contribution in [0.1, 0.15) is 27.9 Å². The van der Waals surface area contributed by atoms with Crippen molar-refractivity contribution in [2.75, 3.05) is 12.3 Å². The van der Waals surface area contributed by atoms with Crippen LogP contribution in [0, 0.1) is 0 Å². The predicted molar refractivity (Wildman–Crippen MR) is 89.9 cm³/mol. The van der Waals surface area contributed by atoms with Crippen molar-refractivity contribution in [2.45, 2.75) is 6.92 Å². The Morgan fingerprint density at radius 2 is 2.00 bits per heavy atom. The van der Waals surface area contributed by atoms with Crippen molar-refractivity contribution in [2.24, 2.45) is 0 Å². The van der Waals surface area contributed by atoms with Gasteiger partial charge in [-0.3, -0.25) is 4.79 Å². The van der Waals surface area contributed by atoms with Crippen molar-refractivity contribution in [3.05, 3.63) is 53.2 Å². The number of nitrogens with zero attached hydrogens (tertiary/aromatic N) is 3. The fourth-order valence-corrected chi connectivity index (χ4v) is 2.86. The Bertz CT molecular complexity index is 886. The van der Waals surface area contributed by atoms with E-state index in [1.165, 1.54) is 17.4 Å². The van der Waals surface area contributed by atoms with E-state index in [9.17, 15) is 9.59 Å². The molecule has 8 heteroatoms. The van der Waals surface area contributed by atoms with E-state index in [2.05, 4.69) is 10.1 Å². The maximum Gasteiger partial charge on any atom is 0.358 e. The van der Waals surface area contributed by atoms with Crippen molar-refractivity contribution in [3.8, 4) is 10.6 Å². The Kier molecular flexibility index (Phi) is 4.39. The van der Waals surface area contributed by atoms with Crippen LogP contribution in [-0.2, 0) is 4.74 Å². The van der Waals surface area contributed by atoms with Crippen molar-refractivity contribution in [1.29, 1.82) is 0 Å². The van der Waals surface area contributed by atoms with Crippen molar-refractivity contribution in [3.63, 3.8) is 0 Å². The number of hydrogen-bond acceptors (Lipinski definition) is 7. The monoisotopic (exact) mass is 342 g/mol. The summed E-state index contributed by atoms with van der Waals surface area (Å²) in [5.74, 6) is -1.07. The van der Waals surface area contributed by atoms with Gasteiger partial charge in [-0.1, -0.05) is 30.3 Å². The molecule has 0 aliphatic rings. The van der Waals surface area contributed by atoms with Gasteiger partial charge in [0.05, 0.1) is 6.61 Å². The van der Waals surface area contributed by atoms with Gasteiger partial charge >= 0.3 is 5.97 Å². The number of carbonyl (C=O) groups is 2. The maximum absolute atomic E-state index is 12.5. The van der Waals surface area contributed by atoms with E-state index in [0.29, 0.717) is 0 Å². The third-order valence-corrected chi connectivity index (χ3v) is 4.05. The SMILES string of the molecule is CCOC(=O)c1cc(N)n(C(=O)c2csc(-c3ccccc3)n2)n1. The highest BCUT2D eigenvalue weighted by molar-refractivity contribution is 7.13. The van der Waals surface area contributed by atoms with E-state index in [1.807, 2.05) is 30.3 Å². The first-order chi connectivity index (χ1) is 11.6. The van der Waals surface area contributed by atoms with Gasteiger partial charge in [-0.2, -0.15) is 9.78 Å². The summed E-state index contributed by atoms with van der Waals surface area (Å²) in [5, 5.41) is 6.27. The molecule has 3 rings (SSSR count). The molecule has 1 aromatic carbocycles. The first-order valence-electron chi connectivity index (χ1n) is 7.18. The van der Waals surface area contributed by atoms with Crippen LogP contribution in [0.5, 0.6) is 0 Å². The molecule has 122 valence electrons. The molecule has 0 saturated heterocycles. The molecule has 0 amide bonds. The van der Waals surface area contributed by atoms with E-state index in [0.717, 1.165) is 15.3 Å². The molecule has 0 fully saturated rings. The van der Waals surface area contributed by atoms with Crippen LogP contribution in [0.2, 0.25) is 0 Å². The van der Waals surface area contributed by atoms with E-state index >= 15 is 0 Å². The quantitative estimate of drug-likeness (QED) is 0.731. The Hall–Kier alpha value is -3.00. The smallest absolute Gasteiger partial charge is 0.358 e. The van der Waals surface area contributed by atoms with Gasteiger partial charge < -0.3 is 10.5 Å². The number of thiazole rings is 1. The van der Waals surface area contributed by atoms with Gasteiger partial charge in [0.15, 0.2) is 5.69 Å². The fourth-order valence-electron chi connectivity index (χ4n) is 2.06. The molecule has 7 nitrogen and oxygen atoms in total. The lowest BCUT2D eigenvalue weighted by Gasteiger charge is -1.99. The second-order valence-corrected chi connectivity index (χ2v) is 5.65. The van der Waals surface area contributed by atoms with Gasteiger partial charge in [0.2, 0.25) is 0 Å². The molecule has 0 unspecified atom stereocenters. The molecule has 0 saturated carbocycles. The normalized spacial score (nSPS) is 10.5. The molecule has 0 aliphatic heterocycles. The zero-order chi connectivity index (χ0) is 17.1. The first-order valence-corrected chi connectivity index (χ1v) is 8.06. The minimum atomic E-state index is -0.626. The molecule has 0 spiro atoms. The zero-order valence-corrected chi connectivity index (χ0v) is 13.6. The number of nitrogens with two attached hydrogens (primary N) is 1. The van der Waals surface area contributed by atoms with E-state index < -0.39 is 11.9 Å². The highest BCUT2D eigenvalue weighted by Crippen LogP contribution is 2.24. The minimum absolute atomic E-state index is 0.0128. The second kappa shape index (κ2) is 6.63. The molecule has 0 bridgehead atoms. The Balaban J connectivity index is 1.88. The van der Waals surface area contributed by atoms with Crippen LogP contribution in [0.4, 0.5) is 5.82 Å². The van der Waals surface area contributed by atoms with E-state index in [4.69, 9.17) is 10.5 Å². The van der Waals surface area contributed by atoms with Gasteiger partial charge in [0.1, 0.15) is 16.5 Å². The lowest BCUT2D eigenvalue weighted by Crippen LogP contribution is -2.17. The Morgan fingerprint density at radius 1 is 1.25 bits per heavy atom. The van der Waals surface area contributed by atoms with Crippen LogP contribution in [0.3, 0.4) is 0 Å². The third-order valence-electron chi connectivity index (χ3n) is 3.16. The first kappa shape index (κ1) is 15.9. The molecule has 24 heavy (non-hydrogen) atoms. The lowest BCUT2D eigenvalue weighted by molar-refractivity contribution is 0.0519. The van der Waals surface area contributed by atoms with E-state index in [-0.39, 0.29) is 23.8 Å². The minimum Gasteiger partial charge on any atom is -0.461 e. The summed E-state index contributed by atoms with van der Waals surface area (Å²) in [7, 11) is 0. The summed E-state index contributed by atoms with van der Waals surface area (Å²) in [6, 6.07) is 10.8. The molecule has 2 aromatic heterocycles. The van der Waals surface area contributed by atoms with Crippen LogP contribution in [-0.4, -0.2) is 33.2 Å². The Labute approximate surface area is 141 Å². The number of anilines is 1. The molecule has 3 aromatic rings. The van der Waals surface area contributed by atoms with Crippen LogP contribution in [0.25, 0.3) is 10.6 Å². The lowest BCUT2D eigenvalue weighted by atomic mass is 10.2. The summed E-state index contributed by atoms with van der Waals surface area (Å²) in [4.78, 5) is 28.5. The second-order valence-electron chi connectivity index (χ2n) is 4.80. The summed E-state index contributed by atoms with van der Waals surface area (Å²) < 4.78 is 5.80. The molecule has 0 radical (unpaired) electrons. The third kappa shape index (κ3) is 3.04. The number of hydrogen-bond donors (Lipinski definition) is 1. The average Bonchev–Trinajstić information content (AvgIpc) is 3.22. The van der Waals surface area contributed by atoms with Crippen LogP contribution in [0.15, 0.2) is 41.8 Å². The number of aromatic nitrogens is 3. The van der Waals surface area contributed by atoms with Crippen LogP contribution >= 0.6 is 11.3 Å². The van der Waals surface area contributed by atoms with Crippen molar-refractivity contribution in [1.82, 2.24) is 14.8 Å². The topological polar surface area (TPSA) is 100 Å². The largest absolute Gasteiger partial charge is 0.461 e. The molecule has 0 atom stereocenters. The summed E-state index contributed by atoms with van der Waals surface area (Å²) in [5.41, 5.74) is 6.90. The average molecular weight is 342 g/mol. The fraction of sp³-hybridized carbons (Fsp3) is 0.125. The Morgan fingerprint density at radius 3 is 2.71 bits per heavy atom. The zero-order valence-electron chi connectivity index (χ0n) is 12.8. The standard InChI is InChI=1S/C16H14N4O3S/c1-2-23-16(22)11-8-13(17)20(19-11)15(21)12-9-24-14(18-12)10-6-4-3-5-7-10/h3-9H,2,17H2,1H3. The number of carbonyl (C=O) groups excluding carboxylic acids is 2. The maximum atomic E-state index is 12.5. The number of esters is 1. The van der Waals surface area contributed by atoms with Crippen molar-refractivity contribution >= 4 is 29.0 Å². The number of benzene rings is 1. The highest BCUT2D eigenvalue weighted by atomic mass is 32.1.